The zero-order valence-electron chi connectivity index (χ0n) is 29.0. The second kappa shape index (κ2) is 16.5. The highest BCUT2D eigenvalue weighted by atomic mass is 32.2. The standard InChI is InChI=1S/C40H32F5N5O4S/c1-22-30(21-55-40-47-48-49-50(40)28-8-3-2-4-9-28)53-39(54-37(22)25-13-11-23(20-51)12-14-25)26-17-15-24(16-18-26)29-10-6-5-7-27(29)19-46-38(52)31-32(41)34(43)36(45)35(44)33(31)42/h2-18,22,30,37,39,51H,19-21H2,1H3,(H,46,52)/t22-,30+,37+,39+/m1/s1. The Balaban J connectivity index is 1.11. The number of aliphatic hydroxyl groups is 1. The molecule has 2 N–H and O–H groups in total. The van der Waals surface area contributed by atoms with Gasteiger partial charge in [0.1, 0.15) is 5.56 Å². The van der Waals surface area contributed by atoms with Gasteiger partial charge in [0.25, 0.3) is 5.91 Å². The van der Waals surface area contributed by atoms with Crippen molar-refractivity contribution in [3.63, 3.8) is 0 Å². The van der Waals surface area contributed by atoms with E-state index in [4.69, 9.17) is 9.47 Å². The fourth-order valence-electron chi connectivity index (χ4n) is 6.31. The van der Waals surface area contributed by atoms with Crippen molar-refractivity contribution in [1.82, 2.24) is 25.5 Å². The van der Waals surface area contributed by atoms with Crippen LogP contribution in [0.5, 0.6) is 0 Å². The fraction of sp³-hybridized carbons (Fsp3) is 0.200. The molecule has 1 aliphatic rings. The van der Waals surface area contributed by atoms with Crippen molar-refractivity contribution in [2.45, 2.75) is 43.7 Å². The number of halogens is 5. The Morgan fingerprint density at radius 2 is 1.44 bits per heavy atom. The summed E-state index contributed by atoms with van der Waals surface area (Å²) in [7, 11) is 0. The number of aromatic nitrogens is 4. The molecule has 0 spiro atoms. The Kier molecular flexibility index (Phi) is 11.3. The SMILES string of the molecule is C[C@@H]1[C@H](CSc2nnnn2-c2ccccc2)O[C@H](c2ccc(-c3ccccc3CNC(=O)c3c(F)c(F)c(F)c(F)c3F)cc2)O[C@@H]1c1ccc(CO)cc1. The highest BCUT2D eigenvalue weighted by Gasteiger charge is 2.39. The summed E-state index contributed by atoms with van der Waals surface area (Å²) in [6.07, 6.45) is -1.46. The highest BCUT2D eigenvalue weighted by molar-refractivity contribution is 7.99. The van der Waals surface area contributed by atoms with E-state index in [-0.39, 0.29) is 31.3 Å². The monoisotopic (exact) mass is 773 g/mol. The number of para-hydroxylation sites is 1. The molecule has 1 amide bonds. The van der Waals surface area contributed by atoms with Crippen LogP contribution in [-0.4, -0.2) is 43.1 Å². The minimum atomic E-state index is -2.35. The number of ether oxygens (including phenoxy) is 2. The number of benzene rings is 5. The van der Waals surface area contributed by atoms with Crippen molar-refractivity contribution in [2.75, 3.05) is 5.75 Å². The van der Waals surface area contributed by atoms with Crippen LogP contribution in [0.25, 0.3) is 16.8 Å². The summed E-state index contributed by atoms with van der Waals surface area (Å²) in [6, 6.07) is 31.3. The molecule has 4 atom stereocenters. The summed E-state index contributed by atoms with van der Waals surface area (Å²) in [5.74, 6) is -12.2. The van der Waals surface area contributed by atoms with Crippen LogP contribution in [0.2, 0.25) is 0 Å². The predicted octanol–water partition coefficient (Wildman–Crippen LogP) is 8.03. The first kappa shape index (κ1) is 37.8. The summed E-state index contributed by atoms with van der Waals surface area (Å²) in [5.41, 5.74) is 3.55. The van der Waals surface area contributed by atoms with Crippen molar-refractivity contribution in [2.24, 2.45) is 5.92 Å². The number of carbonyl (C=O) groups excluding carboxylic acids is 1. The Morgan fingerprint density at radius 3 is 2.13 bits per heavy atom. The summed E-state index contributed by atoms with van der Waals surface area (Å²) in [5, 5.41) is 24.7. The average molecular weight is 774 g/mol. The molecule has 2 heterocycles. The van der Waals surface area contributed by atoms with Crippen LogP contribution in [0.15, 0.2) is 108 Å². The van der Waals surface area contributed by atoms with Gasteiger partial charge in [0, 0.05) is 23.8 Å². The lowest BCUT2D eigenvalue weighted by atomic mass is 9.91. The number of nitrogens with one attached hydrogen (secondary N) is 1. The number of carbonyl (C=O) groups is 1. The Morgan fingerprint density at radius 1 is 0.800 bits per heavy atom. The molecule has 0 saturated carbocycles. The normalized spacial score (nSPS) is 18.3. The van der Waals surface area contributed by atoms with Gasteiger partial charge >= 0.3 is 0 Å². The van der Waals surface area contributed by atoms with Crippen LogP contribution in [0.4, 0.5) is 22.0 Å². The highest BCUT2D eigenvalue weighted by Crippen LogP contribution is 2.43. The lowest BCUT2D eigenvalue weighted by Crippen LogP contribution is -2.38. The molecule has 7 rings (SSSR count). The van der Waals surface area contributed by atoms with Gasteiger partial charge in [-0.3, -0.25) is 4.79 Å². The first-order chi connectivity index (χ1) is 26.6. The van der Waals surface area contributed by atoms with Gasteiger partial charge in [0.2, 0.25) is 11.0 Å². The van der Waals surface area contributed by atoms with E-state index >= 15 is 0 Å². The summed E-state index contributed by atoms with van der Waals surface area (Å²) >= 11 is 1.46. The van der Waals surface area contributed by atoms with Crippen molar-refractivity contribution in [3.8, 4) is 16.8 Å². The van der Waals surface area contributed by atoms with Crippen LogP contribution < -0.4 is 5.32 Å². The molecule has 0 unspecified atom stereocenters. The van der Waals surface area contributed by atoms with Gasteiger partial charge in [-0.1, -0.05) is 110 Å². The largest absolute Gasteiger partial charge is 0.392 e. The topological polar surface area (TPSA) is 111 Å². The lowest BCUT2D eigenvalue weighted by Gasteiger charge is -2.41. The Hall–Kier alpha value is -5.48. The predicted molar refractivity (Wildman–Crippen MR) is 192 cm³/mol. The average Bonchev–Trinajstić information content (AvgIpc) is 3.70. The molecule has 1 saturated heterocycles. The van der Waals surface area contributed by atoms with E-state index < -0.39 is 46.8 Å². The van der Waals surface area contributed by atoms with Gasteiger partial charge in [0.15, 0.2) is 29.6 Å². The van der Waals surface area contributed by atoms with E-state index in [2.05, 4.69) is 27.8 Å². The van der Waals surface area contributed by atoms with Crippen molar-refractivity contribution < 1.29 is 41.3 Å². The van der Waals surface area contributed by atoms with E-state index in [1.54, 1.807) is 28.9 Å². The van der Waals surface area contributed by atoms with Gasteiger partial charge in [-0.2, -0.15) is 4.68 Å². The molecular weight excluding hydrogens is 742 g/mol. The minimum Gasteiger partial charge on any atom is -0.392 e. The van der Waals surface area contributed by atoms with Crippen LogP contribution in [0, 0.1) is 35.0 Å². The Labute approximate surface area is 316 Å². The third-order valence-electron chi connectivity index (χ3n) is 9.33. The second-order valence-corrected chi connectivity index (χ2v) is 13.7. The number of hydrogen-bond acceptors (Lipinski definition) is 8. The first-order valence-corrected chi connectivity index (χ1v) is 18.1. The van der Waals surface area contributed by atoms with Gasteiger partial charge in [0.05, 0.1) is 24.5 Å². The number of amides is 1. The van der Waals surface area contributed by atoms with E-state index in [0.29, 0.717) is 33.2 Å². The van der Waals surface area contributed by atoms with Crippen molar-refractivity contribution in [3.05, 3.63) is 160 Å². The number of rotatable bonds is 11. The van der Waals surface area contributed by atoms with Gasteiger partial charge in [-0.05, 0) is 50.4 Å². The first-order valence-electron chi connectivity index (χ1n) is 17.1. The van der Waals surface area contributed by atoms with E-state index in [1.807, 2.05) is 78.9 Å². The molecular formula is C40H32F5N5O4S. The van der Waals surface area contributed by atoms with Crippen LogP contribution in [-0.2, 0) is 22.6 Å². The number of nitrogens with zero attached hydrogens (tertiary/aromatic N) is 4. The molecule has 1 aromatic heterocycles. The summed E-state index contributed by atoms with van der Waals surface area (Å²) in [6.45, 7) is 1.69. The van der Waals surface area contributed by atoms with E-state index in [1.165, 1.54) is 11.8 Å². The number of thioether (sulfide) groups is 1. The van der Waals surface area contributed by atoms with Gasteiger partial charge in [-0.15, -0.1) is 5.10 Å². The number of aliphatic hydroxyl groups excluding tert-OH is 1. The molecule has 282 valence electrons. The Bertz CT molecular complexity index is 2270. The molecule has 5 aromatic carbocycles. The third-order valence-corrected chi connectivity index (χ3v) is 10.3. The molecule has 1 aliphatic heterocycles. The molecule has 0 radical (unpaired) electrons. The smallest absolute Gasteiger partial charge is 0.257 e. The summed E-state index contributed by atoms with van der Waals surface area (Å²) in [4.78, 5) is 12.7. The molecule has 55 heavy (non-hydrogen) atoms. The lowest BCUT2D eigenvalue weighted by molar-refractivity contribution is -0.268. The van der Waals surface area contributed by atoms with E-state index in [9.17, 15) is 31.9 Å². The summed E-state index contributed by atoms with van der Waals surface area (Å²) < 4.78 is 84.4. The maximum atomic E-state index is 14.3. The minimum absolute atomic E-state index is 0.0876. The molecule has 15 heteroatoms. The van der Waals surface area contributed by atoms with Crippen LogP contribution >= 0.6 is 11.8 Å². The number of hydrogen-bond donors (Lipinski definition) is 2. The molecule has 1 fully saturated rings. The van der Waals surface area contributed by atoms with Gasteiger partial charge in [-0.25, -0.2) is 22.0 Å². The van der Waals surface area contributed by atoms with Crippen molar-refractivity contribution >= 4 is 17.7 Å². The maximum Gasteiger partial charge on any atom is 0.257 e. The zero-order chi connectivity index (χ0) is 38.6. The maximum absolute atomic E-state index is 14.3. The molecule has 9 nitrogen and oxygen atoms in total. The molecule has 6 aromatic rings. The molecule has 0 bridgehead atoms. The molecule has 0 aliphatic carbocycles. The fourth-order valence-corrected chi connectivity index (χ4v) is 7.36. The quantitative estimate of drug-likeness (QED) is 0.0590. The van der Waals surface area contributed by atoms with Crippen molar-refractivity contribution in [1.29, 1.82) is 0 Å². The van der Waals surface area contributed by atoms with Crippen LogP contribution in [0.1, 0.15) is 51.9 Å². The number of tetrazole rings is 1. The second-order valence-electron chi connectivity index (χ2n) is 12.7. The van der Waals surface area contributed by atoms with E-state index in [0.717, 1.165) is 16.8 Å². The third kappa shape index (κ3) is 7.87. The zero-order valence-corrected chi connectivity index (χ0v) is 29.8. The van der Waals surface area contributed by atoms with Gasteiger partial charge < -0.3 is 19.9 Å². The van der Waals surface area contributed by atoms with Crippen LogP contribution in [0.3, 0.4) is 0 Å².